The molecule has 0 saturated carbocycles. The first kappa shape index (κ1) is 25.3. The average Bonchev–Trinajstić information content (AvgIpc) is 2.74. The standard InChI is InChI=1S/C23H30FN3O4S/c1-17(2)14-25-23(29)18(3)26(15-19-10-12-20(24)13-11-19)22(28)16-27(32(4,30)31)21-8-6-5-7-9-21/h5-13,17-18H,14-16H2,1-4H3,(H,25,29). The van der Waals surface area contributed by atoms with Gasteiger partial charge in [0.1, 0.15) is 18.4 Å². The van der Waals surface area contributed by atoms with Gasteiger partial charge in [-0.1, -0.05) is 44.2 Å². The van der Waals surface area contributed by atoms with Crippen molar-refractivity contribution in [3.63, 3.8) is 0 Å². The number of carbonyl (C=O) groups excluding carboxylic acids is 2. The number of benzene rings is 2. The van der Waals surface area contributed by atoms with Crippen LogP contribution in [0.5, 0.6) is 0 Å². The van der Waals surface area contributed by atoms with E-state index in [0.717, 1.165) is 10.6 Å². The van der Waals surface area contributed by atoms with Crippen LogP contribution in [0.15, 0.2) is 54.6 Å². The summed E-state index contributed by atoms with van der Waals surface area (Å²) in [7, 11) is -3.76. The maximum atomic E-state index is 13.3. The lowest BCUT2D eigenvalue weighted by Crippen LogP contribution is -2.51. The third-order valence-electron chi connectivity index (χ3n) is 4.84. The second-order valence-corrected chi connectivity index (χ2v) is 9.98. The number of sulfonamides is 1. The fourth-order valence-corrected chi connectivity index (χ4v) is 3.88. The summed E-state index contributed by atoms with van der Waals surface area (Å²) in [4.78, 5) is 27.3. The highest BCUT2D eigenvalue weighted by Crippen LogP contribution is 2.18. The molecular weight excluding hydrogens is 433 g/mol. The van der Waals surface area contributed by atoms with E-state index in [2.05, 4.69) is 5.32 Å². The number of carbonyl (C=O) groups is 2. The van der Waals surface area contributed by atoms with Gasteiger partial charge in [0.15, 0.2) is 0 Å². The molecule has 0 saturated heterocycles. The summed E-state index contributed by atoms with van der Waals surface area (Å²) < 4.78 is 39.1. The average molecular weight is 464 g/mol. The van der Waals surface area contributed by atoms with Crippen molar-refractivity contribution in [2.75, 3.05) is 23.7 Å². The van der Waals surface area contributed by atoms with Crippen LogP contribution in [0.3, 0.4) is 0 Å². The lowest BCUT2D eigenvalue weighted by molar-refractivity contribution is -0.139. The van der Waals surface area contributed by atoms with Crippen molar-refractivity contribution >= 4 is 27.5 Å². The second kappa shape index (κ2) is 11.1. The van der Waals surface area contributed by atoms with Gasteiger partial charge in [-0.2, -0.15) is 0 Å². The Morgan fingerprint density at radius 2 is 1.59 bits per heavy atom. The maximum Gasteiger partial charge on any atom is 0.244 e. The predicted octanol–water partition coefficient (Wildman–Crippen LogP) is 2.78. The largest absolute Gasteiger partial charge is 0.354 e. The molecule has 9 heteroatoms. The fraction of sp³-hybridized carbons (Fsp3) is 0.391. The first-order chi connectivity index (χ1) is 15.0. The topological polar surface area (TPSA) is 86.8 Å². The molecule has 32 heavy (non-hydrogen) atoms. The molecule has 0 radical (unpaired) electrons. The van der Waals surface area contributed by atoms with Crippen LogP contribution < -0.4 is 9.62 Å². The minimum absolute atomic E-state index is 0.0295. The van der Waals surface area contributed by atoms with Crippen molar-refractivity contribution in [2.45, 2.75) is 33.4 Å². The highest BCUT2D eigenvalue weighted by molar-refractivity contribution is 7.92. The van der Waals surface area contributed by atoms with Crippen LogP contribution in [-0.2, 0) is 26.2 Å². The first-order valence-electron chi connectivity index (χ1n) is 10.3. The summed E-state index contributed by atoms with van der Waals surface area (Å²) in [5.41, 5.74) is 0.968. The van der Waals surface area contributed by atoms with Gasteiger partial charge in [0.2, 0.25) is 21.8 Å². The number of nitrogens with zero attached hydrogens (tertiary/aromatic N) is 2. The molecule has 174 valence electrons. The Labute approximate surface area is 189 Å². The Hall–Kier alpha value is -2.94. The second-order valence-electron chi connectivity index (χ2n) is 8.07. The number of halogens is 1. The van der Waals surface area contributed by atoms with E-state index in [0.29, 0.717) is 17.8 Å². The van der Waals surface area contributed by atoms with Gasteiger partial charge >= 0.3 is 0 Å². The summed E-state index contributed by atoms with van der Waals surface area (Å²) >= 11 is 0. The molecule has 2 amide bonds. The van der Waals surface area contributed by atoms with Crippen LogP contribution >= 0.6 is 0 Å². The lowest BCUT2D eigenvalue weighted by Gasteiger charge is -2.31. The molecule has 0 spiro atoms. The van der Waals surface area contributed by atoms with Gasteiger partial charge in [0.25, 0.3) is 0 Å². The van der Waals surface area contributed by atoms with Crippen LogP contribution in [0.4, 0.5) is 10.1 Å². The Morgan fingerprint density at radius 3 is 2.12 bits per heavy atom. The van der Waals surface area contributed by atoms with Crippen LogP contribution in [0.2, 0.25) is 0 Å². The van der Waals surface area contributed by atoms with Crippen molar-refractivity contribution in [1.29, 1.82) is 0 Å². The molecule has 1 atom stereocenters. The van der Waals surface area contributed by atoms with Gasteiger partial charge in [-0.05, 0) is 42.7 Å². The van der Waals surface area contributed by atoms with Crippen LogP contribution in [-0.4, -0.2) is 50.5 Å². The smallest absolute Gasteiger partial charge is 0.244 e. The number of rotatable bonds is 10. The fourth-order valence-electron chi connectivity index (χ4n) is 3.03. The van der Waals surface area contributed by atoms with E-state index < -0.39 is 34.3 Å². The molecule has 7 nitrogen and oxygen atoms in total. The summed E-state index contributed by atoms with van der Waals surface area (Å²) in [5, 5.41) is 2.80. The van der Waals surface area contributed by atoms with E-state index in [9.17, 15) is 22.4 Å². The zero-order valence-corrected chi connectivity index (χ0v) is 19.6. The first-order valence-corrected chi connectivity index (χ1v) is 12.2. The Bertz CT molecular complexity index is 1010. The number of nitrogens with one attached hydrogen (secondary N) is 1. The molecular formula is C23H30FN3O4S. The Kier molecular flexibility index (Phi) is 8.77. The number of hydrogen-bond acceptors (Lipinski definition) is 4. The van der Waals surface area contributed by atoms with Gasteiger partial charge in [0.05, 0.1) is 11.9 Å². The van der Waals surface area contributed by atoms with Crippen LogP contribution in [0.1, 0.15) is 26.3 Å². The van der Waals surface area contributed by atoms with E-state index in [1.807, 2.05) is 13.8 Å². The molecule has 0 aromatic heterocycles. The molecule has 0 bridgehead atoms. The molecule has 0 aliphatic carbocycles. The van der Waals surface area contributed by atoms with E-state index >= 15 is 0 Å². The lowest BCUT2D eigenvalue weighted by atomic mass is 10.1. The highest BCUT2D eigenvalue weighted by Gasteiger charge is 2.30. The van der Waals surface area contributed by atoms with Gasteiger partial charge < -0.3 is 10.2 Å². The molecule has 0 fully saturated rings. The van der Waals surface area contributed by atoms with E-state index in [1.165, 1.54) is 29.2 Å². The monoisotopic (exact) mass is 463 g/mol. The normalized spacial score (nSPS) is 12.3. The molecule has 0 heterocycles. The van der Waals surface area contributed by atoms with Crippen molar-refractivity contribution < 1.29 is 22.4 Å². The van der Waals surface area contributed by atoms with Gasteiger partial charge in [-0.15, -0.1) is 0 Å². The maximum absolute atomic E-state index is 13.3. The number of hydrogen-bond donors (Lipinski definition) is 1. The van der Waals surface area contributed by atoms with Gasteiger partial charge in [-0.3, -0.25) is 13.9 Å². The summed E-state index contributed by atoms with van der Waals surface area (Å²) in [6.07, 6.45) is 1.02. The molecule has 1 N–H and O–H groups in total. The third-order valence-corrected chi connectivity index (χ3v) is 5.98. The van der Waals surface area contributed by atoms with E-state index in [4.69, 9.17) is 0 Å². The zero-order chi connectivity index (χ0) is 23.9. The minimum atomic E-state index is -3.76. The molecule has 2 aromatic rings. The predicted molar refractivity (Wildman–Crippen MR) is 123 cm³/mol. The summed E-state index contributed by atoms with van der Waals surface area (Å²) in [6.45, 7) is 5.51. The third kappa shape index (κ3) is 7.33. The van der Waals surface area contributed by atoms with E-state index in [1.54, 1.807) is 37.3 Å². The molecule has 1 unspecified atom stereocenters. The van der Waals surface area contributed by atoms with Crippen molar-refractivity contribution in [1.82, 2.24) is 10.2 Å². The number of para-hydroxylation sites is 1. The molecule has 2 rings (SSSR count). The SMILES string of the molecule is CC(C)CNC(=O)C(C)N(Cc1ccc(F)cc1)C(=O)CN(c1ccccc1)S(C)(=O)=O. The number of anilines is 1. The van der Waals surface area contributed by atoms with E-state index in [-0.39, 0.29) is 18.4 Å². The summed E-state index contributed by atoms with van der Waals surface area (Å²) in [5.74, 6) is -1.08. The Morgan fingerprint density at radius 1 is 1.00 bits per heavy atom. The van der Waals surface area contributed by atoms with Gasteiger partial charge in [0, 0.05) is 13.1 Å². The highest BCUT2D eigenvalue weighted by atomic mass is 32.2. The van der Waals surface area contributed by atoms with Crippen LogP contribution in [0, 0.1) is 11.7 Å². The Balaban J connectivity index is 2.32. The summed E-state index contributed by atoms with van der Waals surface area (Å²) in [6, 6.07) is 13.0. The molecule has 0 aliphatic rings. The quantitative estimate of drug-likeness (QED) is 0.587. The minimum Gasteiger partial charge on any atom is -0.354 e. The number of amides is 2. The van der Waals surface area contributed by atoms with Gasteiger partial charge in [-0.25, -0.2) is 12.8 Å². The van der Waals surface area contributed by atoms with Crippen molar-refractivity contribution in [3.05, 3.63) is 66.0 Å². The molecule has 2 aromatic carbocycles. The van der Waals surface area contributed by atoms with Crippen molar-refractivity contribution in [2.24, 2.45) is 5.92 Å². The molecule has 0 aliphatic heterocycles. The zero-order valence-electron chi connectivity index (χ0n) is 18.8. The van der Waals surface area contributed by atoms with Crippen LogP contribution in [0.25, 0.3) is 0 Å². The van der Waals surface area contributed by atoms with Crippen molar-refractivity contribution in [3.8, 4) is 0 Å².